The van der Waals surface area contributed by atoms with Crippen LogP contribution in [0.25, 0.3) is 0 Å². The molecule has 1 aliphatic rings. The minimum Gasteiger partial charge on any atom is -0.497 e. The van der Waals surface area contributed by atoms with Crippen molar-refractivity contribution in [1.29, 1.82) is 0 Å². The first kappa shape index (κ1) is 22.3. The molecule has 0 aliphatic carbocycles. The van der Waals surface area contributed by atoms with Crippen LogP contribution in [-0.4, -0.2) is 56.6 Å². The number of rotatable bonds is 6. The third kappa shape index (κ3) is 6.83. The smallest absolute Gasteiger partial charge is 0.298 e. The highest BCUT2D eigenvalue weighted by molar-refractivity contribution is 5.94. The molecule has 0 radical (unpaired) electrons. The van der Waals surface area contributed by atoms with Crippen molar-refractivity contribution in [2.45, 2.75) is 32.7 Å². The summed E-state index contributed by atoms with van der Waals surface area (Å²) in [6, 6.07) is 5.39. The number of anilines is 1. The molecular formula is C20H29N3O4. The van der Waals surface area contributed by atoms with Gasteiger partial charge in [-0.3, -0.25) is 9.59 Å². The standard InChI is InChI=1S/C18H23N3O4.C2H6/c1-4-18(23)21-9-7-13(8-10-21)19-12-17(22)20-15-11-14(24-2)5-6-16(15)25-3;1-2/h1,5-6,11,13,19H,7-10,12H2,2-3H3,(H,20,22);1-2H3. The van der Waals surface area contributed by atoms with Crippen molar-refractivity contribution in [1.82, 2.24) is 10.2 Å². The molecule has 2 N–H and O–H groups in total. The third-order valence-corrected chi connectivity index (χ3v) is 4.14. The normalized spacial score (nSPS) is 13.7. The Morgan fingerprint density at radius 1 is 1.22 bits per heavy atom. The topological polar surface area (TPSA) is 79.9 Å². The Labute approximate surface area is 161 Å². The lowest BCUT2D eigenvalue weighted by Crippen LogP contribution is -2.46. The van der Waals surface area contributed by atoms with Crippen molar-refractivity contribution in [2.75, 3.05) is 39.2 Å². The van der Waals surface area contributed by atoms with E-state index in [1.807, 2.05) is 13.8 Å². The van der Waals surface area contributed by atoms with Gasteiger partial charge in [0.05, 0.1) is 26.5 Å². The first-order valence-corrected chi connectivity index (χ1v) is 9.08. The van der Waals surface area contributed by atoms with Crippen LogP contribution in [0.4, 0.5) is 5.69 Å². The maximum absolute atomic E-state index is 12.2. The minimum atomic E-state index is -0.277. The fourth-order valence-electron chi connectivity index (χ4n) is 2.72. The van der Waals surface area contributed by atoms with Crippen molar-refractivity contribution in [3.63, 3.8) is 0 Å². The molecule has 0 spiro atoms. The number of methoxy groups -OCH3 is 2. The quantitative estimate of drug-likeness (QED) is 0.742. The third-order valence-electron chi connectivity index (χ3n) is 4.14. The van der Waals surface area contributed by atoms with Crippen molar-refractivity contribution in [2.24, 2.45) is 0 Å². The number of benzene rings is 1. The molecule has 2 amide bonds. The van der Waals surface area contributed by atoms with Crippen LogP contribution >= 0.6 is 0 Å². The zero-order chi connectivity index (χ0) is 20.2. The van der Waals surface area contributed by atoms with Crippen molar-refractivity contribution in [3.05, 3.63) is 18.2 Å². The van der Waals surface area contributed by atoms with Crippen LogP contribution in [0.2, 0.25) is 0 Å². The highest BCUT2D eigenvalue weighted by atomic mass is 16.5. The molecule has 1 aromatic rings. The molecule has 1 heterocycles. The van der Waals surface area contributed by atoms with Crippen LogP contribution in [0.1, 0.15) is 26.7 Å². The van der Waals surface area contributed by atoms with Crippen molar-refractivity contribution >= 4 is 17.5 Å². The first-order chi connectivity index (χ1) is 13.1. The molecule has 0 unspecified atom stereocenters. The van der Waals surface area contributed by atoms with E-state index in [1.54, 1.807) is 37.3 Å². The number of nitrogens with zero attached hydrogens (tertiary/aromatic N) is 1. The van der Waals surface area contributed by atoms with E-state index >= 15 is 0 Å². The molecule has 27 heavy (non-hydrogen) atoms. The van der Waals surface area contributed by atoms with Crippen LogP contribution in [-0.2, 0) is 9.59 Å². The molecule has 0 atom stereocenters. The molecule has 0 saturated carbocycles. The molecule has 1 fully saturated rings. The fourth-order valence-corrected chi connectivity index (χ4v) is 2.72. The maximum atomic E-state index is 12.2. The Kier molecular flexibility index (Phi) is 9.76. The summed E-state index contributed by atoms with van der Waals surface area (Å²) in [6.45, 7) is 5.38. The summed E-state index contributed by atoms with van der Waals surface area (Å²) in [5, 5.41) is 6.03. The van der Waals surface area contributed by atoms with Crippen LogP contribution in [0, 0.1) is 12.3 Å². The van der Waals surface area contributed by atoms with Gasteiger partial charge in [0.2, 0.25) is 5.91 Å². The van der Waals surface area contributed by atoms with Gasteiger partial charge in [-0.05, 0) is 30.9 Å². The summed E-state index contributed by atoms with van der Waals surface area (Å²) in [5.41, 5.74) is 0.558. The number of amides is 2. The lowest BCUT2D eigenvalue weighted by atomic mass is 10.1. The predicted molar refractivity (Wildman–Crippen MR) is 106 cm³/mol. The van der Waals surface area contributed by atoms with Gasteiger partial charge in [-0.25, -0.2) is 0 Å². The van der Waals surface area contributed by atoms with Gasteiger partial charge >= 0.3 is 0 Å². The molecule has 0 bridgehead atoms. The number of carbonyl (C=O) groups is 2. The summed E-state index contributed by atoms with van der Waals surface area (Å²) in [5.74, 6) is 2.88. The summed E-state index contributed by atoms with van der Waals surface area (Å²) < 4.78 is 10.4. The number of terminal acetylenes is 1. The Hall–Kier alpha value is -2.72. The lowest BCUT2D eigenvalue weighted by Gasteiger charge is -2.31. The number of hydrogen-bond acceptors (Lipinski definition) is 5. The second kappa shape index (κ2) is 11.8. The summed E-state index contributed by atoms with van der Waals surface area (Å²) >= 11 is 0. The number of hydrogen-bond donors (Lipinski definition) is 2. The molecule has 7 nitrogen and oxygen atoms in total. The summed E-state index contributed by atoms with van der Waals surface area (Å²) in [6.07, 6.45) is 6.66. The number of likely N-dealkylation sites (tertiary alicyclic amines) is 1. The van der Waals surface area contributed by atoms with Crippen LogP contribution in [0.3, 0.4) is 0 Å². The zero-order valence-electron chi connectivity index (χ0n) is 16.5. The Balaban J connectivity index is 0.00000176. The second-order valence-electron chi connectivity index (χ2n) is 5.71. The monoisotopic (exact) mass is 375 g/mol. The van der Waals surface area contributed by atoms with E-state index in [0.717, 1.165) is 12.8 Å². The minimum absolute atomic E-state index is 0.173. The van der Waals surface area contributed by atoms with Crippen LogP contribution < -0.4 is 20.1 Å². The van der Waals surface area contributed by atoms with Crippen molar-refractivity contribution < 1.29 is 19.1 Å². The number of piperidine rings is 1. The Bertz CT molecular complexity index is 662. The molecular weight excluding hydrogens is 346 g/mol. The number of nitrogens with one attached hydrogen (secondary N) is 2. The number of carbonyl (C=O) groups excluding carboxylic acids is 2. The van der Waals surface area contributed by atoms with E-state index in [2.05, 4.69) is 16.6 Å². The molecule has 0 aromatic heterocycles. The van der Waals surface area contributed by atoms with Crippen molar-refractivity contribution in [3.8, 4) is 23.8 Å². The summed E-state index contributed by atoms with van der Waals surface area (Å²) in [7, 11) is 3.10. The van der Waals surface area contributed by atoms with E-state index in [0.29, 0.717) is 30.3 Å². The molecule has 1 aliphatic heterocycles. The van der Waals surface area contributed by atoms with Gasteiger partial charge in [-0.15, -0.1) is 6.42 Å². The molecule has 7 heteroatoms. The second-order valence-corrected chi connectivity index (χ2v) is 5.71. The zero-order valence-corrected chi connectivity index (χ0v) is 16.5. The highest BCUT2D eigenvalue weighted by Crippen LogP contribution is 2.28. The van der Waals surface area contributed by atoms with Crippen LogP contribution in [0.15, 0.2) is 18.2 Å². The lowest BCUT2D eigenvalue weighted by molar-refractivity contribution is -0.126. The Morgan fingerprint density at radius 3 is 2.44 bits per heavy atom. The molecule has 1 aromatic carbocycles. The highest BCUT2D eigenvalue weighted by Gasteiger charge is 2.22. The largest absolute Gasteiger partial charge is 0.497 e. The van der Waals surface area contributed by atoms with Gasteiger partial charge in [0, 0.05) is 25.2 Å². The van der Waals surface area contributed by atoms with Gasteiger partial charge in [0.25, 0.3) is 5.91 Å². The SMILES string of the molecule is C#CC(=O)N1CCC(NCC(=O)Nc2cc(OC)ccc2OC)CC1.CC. The van der Waals surface area contributed by atoms with Gasteiger partial charge in [0.1, 0.15) is 11.5 Å². The molecule has 2 rings (SSSR count). The van der Waals surface area contributed by atoms with Gasteiger partial charge < -0.3 is 25.0 Å². The predicted octanol–water partition coefficient (Wildman–Crippen LogP) is 1.88. The molecule has 148 valence electrons. The van der Waals surface area contributed by atoms with E-state index in [9.17, 15) is 9.59 Å². The van der Waals surface area contributed by atoms with E-state index in [-0.39, 0.29) is 24.4 Å². The van der Waals surface area contributed by atoms with Gasteiger partial charge in [0.15, 0.2) is 0 Å². The fraction of sp³-hybridized carbons (Fsp3) is 0.500. The van der Waals surface area contributed by atoms with E-state index < -0.39 is 0 Å². The maximum Gasteiger partial charge on any atom is 0.298 e. The molecule has 1 saturated heterocycles. The average Bonchev–Trinajstić information content (AvgIpc) is 2.73. The van der Waals surface area contributed by atoms with Gasteiger partial charge in [-0.2, -0.15) is 0 Å². The first-order valence-electron chi connectivity index (χ1n) is 9.08. The number of ether oxygens (including phenoxy) is 2. The summed E-state index contributed by atoms with van der Waals surface area (Å²) in [4.78, 5) is 25.3. The van der Waals surface area contributed by atoms with E-state index in [4.69, 9.17) is 15.9 Å². The van der Waals surface area contributed by atoms with Crippen LogP contribution in [0.5, 0.6) is 11.5 Å². The van der Waals surface area contributed by atoms with E-state index in [1.165, 1.54) is 0 Å². The Morgan fingerprint density at radius 2 is 1.89 bits per heavy atom. The van der Waals surface area contributed by atoms with Gasteiger partial charge in [-0.1, -0.05) is 13.8 Å². The average molecular weight is 375 g/mol.